The number of aryl methyl sites for hydroxylation is 1. The van der Waals surface area contributed by atoms with Gasteiger partial charge in [-0.15, -0.1) is 0 Å². The van der Waals surface area contributed by atoms with Crippen molar-refractivity contribution in [3.05, 3.63) is 71.3 Å². The maximum atomic E-state index is 12.6. The minimum atomic E-state index is -1.04. The van der Waals surface area contributed by atoms with Gasteiger partial charge in [0.2, 0.25) is 5.91 Å². The summed E-state index contributed by atoms with van der Waals surface area (Å²) in [6.07, 6.45) is 0. The minimum Gasteiger partial charge on any atom is -0.353 e. The molecule has 0 saturated carbocycles. The second-order valence-electron chi connectivity index (χ2n) is 6.95. The van der Waals surface area contributed by atoms with Crippen molar-refractivity contribution in [2.45, 2.75) is 38.6 Å². The number of amides is 1. The Balaban J connectivity index is 2.11. The summed E-state index contributed by atoms with van der Waals surface area (Å²) in [6.45, 7) is 8.64. The van der Waals surface area contributed by atoms with Gasteiger partial charge in [-0.2, -0.15) is 0 Å². The highest BCUT2D eigenvalue weighted by Gasteiger charge is 2.32. The van der Waals surface area contributed by atoms with Crippen LogP contribution >= 0.6 is 0 Å². The molecular formula is C20H26N2O. The summed E-state index contributed by atoms with van der Waals surface area (Å²) in [4.78, 5) is 12.6. The van der Waals surface area contributed by atoms with Gasteiger partial charge in [-0.1, -0.05) is 68.4 Å². The normalized spacial score (nSPS) is 14.1. The van der Waals surface area contributed by atoms with Gasteiger partial charge in [0.1, 0.15) is 5.54 Å². The molecule has 1 unspecified atom stereocenters. The van der Waals surface area contributed by atoms with Gasteiger partial charge in [0.15, 0.2) is 0 Å². The second-order valence-corrected chi connectivity index (χ2v) is 6.95. The largest absolute Gasteiger partial charge is 0.353 e. The van der Waals surface area contributed by atoms with Crippen LogP contribution in [0.15, 0.2) is 54.6 Å². The van der Waals surface area contributed by atoms with Gasteiger partial charge in [0.05, 0.1) is 0 Å². The maximum absolute atomic E-state index is 12.6. The molecule has 1 amide bonds. The average Bonchev–Trinajstić information content (AvgIpc) is 2.53. The summed E-state index contributed by atoms with van der Waals surface area (Å²) < 4.78 is 0. The third-order valence-electron chi connectivity index (χ3n) is 4.41. The molecule has 3 nitrogen and oxygen atoms in total. The van der Waals surface area contributed by atoms with Gasteiger partial charge in [-0.3, -0.25) is 4.79 Å². The predicted molar refractivity (Wildman–Crippen MR) is 95.2 cm³/mol. The number of carbonyl (C=O) groups excluding carboxylic acids is 1. The number of nitrogens with two attached hydrogens (primary N) is 1. The molecule has 2 aromatic rings. The smallest absolute Gasteiger partial charge is 0.244 e. The molecule has 122 valence electrons. The van der Waals surface area contributed by atoms with E-state index in [1.165, 1.54) is 11.1 Å². The number of hydrogen-bond acceptors (Lipinski definition) is 2. The van der Waals surface area contributed by atoms with Gasteiger partial charge in [0.25, 0.3) is 0 Å². The average molecular weight is 310 g/mol. The van der Waals surface area contributed by atoms with Crippen LogP contribution in [0.1, 0.15) is 37.5 Å². The van der Waals surface area contributed by atoms with Crippen LogP contribution in [0, 0.1) is 6.92 Å². The Morgan fingerprint density at radius 2 is 1.57 bits per heavy atom. The molecule has 0 aliphatic rings. The van der Waals surface area contributed by atoms with Crippen LogP contribution < -0.4 is 11.1 Å². The first-order valence-electron chi connectivity index (χ1n) is 7.94. The lowest BCUT2D eigenvalue weighted by Gasteiger charge is -2.30. The van der Waals surface area contributed by atoms with Crippen LogP contribution in [-0.4, -0.2) is 12.5 Å². The van der Waals surface area contributed by atoms with Crippen molar-refractivity contribution >= 4 is 5.91 Å². The van der Waals surface area contributed by atoms with E-state index in [2.05, 4.69) is 38.2 Å². The van der Waals surface area contributed by atoms with E-state index in [4.69, 9.17) is 5.73 Å². The molecule has 1 atom stereocenters. The molecule has 2 aromatic carbocycles. The van der Waals surface area contributed by atoms with Gasteiger partial charge in [-0.25, -0.2) is 0 Å². The van der Waals surface area contributed by atoms with E-state index in [9.17, 15) is 4.79 Å². The van der Waals surface area contributed by atoms with E-state index in [1.54, 1.807) is 6.92 Å². The van der Waals surface area contributed by atoms with Crippen LogP contribution in [0.4, 0.5) is 0 Å². The molecule has 0 aromatic heterocycles. The number of carbonyl (C=O) groups is 1. The zero-order valence-corrected chi connectivity index (χ0v) is 14.4. The maximum Gasteiger partial charge on any atom is 0.244 e. The van der Waals surface area contributed by atoms with E-state index >= 15 is 0 Å². The monoisotopic (exact) mass is 310 g/mol. The fourth-order valence-electron chi connectivity index (χ4n) is 2.83. The molecule has 23 heavy (non-hydrogen) atoms. The quantitative estimate of drug-likeness (QED) is 0.890. The number of nitrogens with one attached hydrogen (secondary N) is 1. The molecule has 0 aliphatic heterocycles. The summed E-state index contributed by atoms with van der Waals surface area (Å²) in [5.41, 5.74) is 8.34. The van der Waals surface area contributed by atoms with Crippen molar-refractivity contribution in [3.63, 3.8) is 0 Å². The Hall–Kier alpha value is -2.13. The SMILES string of the molecule is Cc1ccccc1C(C)(C)CNC(=O)C(C)(N)c1ccccc1. The topological polar surface area (TPSA) is 55.1 Å². The fraction of sp³-hybridized carbons (Fsp3) is 0.350. The van der Waals surface area contributed by atoms with Gasteiger partial charge in [0, 0.05) is 12.0 Å². The van der Waals surface area contributed by atoms with Crippen molar-refractivity contribution in [3.8, 4) is 0 Å². The number of hydrogen-bond donors (Lipinski definition) is 2. The highest BCUT2D eigenvalue weighted by molar-refractivity contribution is 5.87. The summed E-state index contributed by atoms with van der Waals surface area (Å²) in [5.74, 6) is -0.162. The summed E-state index contributed by atoms with van der Waals surface area (Å²) in [6, 6.07) is 17.7. The molecule has 0 spiro atoms. The molecule has 3 N–H and O–H groups in total. The van der Waals surface area contributed by atoms with Crippen LogP contribution in [0.25, 0.3) is 0 Å². The van der Waals surface area contributed by atoms with E-state index < -0.39 is 5.54 Å². The minimum absolute atomic E-state index is 0.159. The van der Waals surface area contributed by atoms with Crippen LogP contribution in [0.5, 0.6) is 0 Å². The van der Waals surface area contributed by atoms with E-state index in [0.717, 1.165) is 5.56 Å². The van der Waals surface area contributed by atoms with Crippen LogP contribution in [0.3, 0.4) is 0 Å². The molecule has 2 rings (SSSR count). The second kappa shape index (κ2) is 6.55. The Morgan fingerprint density at radius 1 is 1.00 bits per heavy atom. The molecule has 0 fully saturated rings. The Morgan fingerprint density at radius 3 is 2.17 bits per heavy atom. The number of rotatable bonds is 5. The molecule has 0 bridgehead atoms. The lowest BCUT2D eigenvalue weighted by molar-refractivity contribution is -0.126. The van der Waals surface area contributed by atoms with Gasteiger partial charge >= 0.3 is 0 Å². The standard InChI is InChI=1S/C20H26N2O/c1-15-10-8-9-13-17(15)19(2,3)14-22-18(23)20(4,21)16-11-6-5-7-12-16/h5-13H,14,21H2,1-4H3,(H,22,23). The summed E-state index contributed by atoms with van der Waals surface area (Å²) in [7, 11) is 0. The fourth-order valence-corrected chi connectivity index (χ4v) is 2.83. The molecular weight excluding hydrogens is 284 g/mol. The first-order chi connectivity index (χ1) is 10.7. The zero-order chi connectivity index (χ0) is 17.1. The van der Waals surface area contributed by atoms with E-state index in [-0.39, 0.29) is 11.3 Å². The molecule has 0 saturated heterocycles. The van der Waals surface area contributed by atoms with Crippen molar-refractivity contribution in [1.82, 2.24) is 5.32 Å². The summed E-state index contributed by atoms with van der Waals surface area (Å²) in [5, 5.41) is 3.02. The first-order valence-corrected chi connectivity index (χ1v) is 7.94. The molecule has 0 heterocycles. The summed E-state index contributed by atoms with van der Waals surface area (Å²) >= 11 is 0. The third kappa shape index (κ3) is 3.80. The third-order valence-corrected chi connectivity index (χ3v) is 4.41. The van der Waals surface area contributed by atoms with Crippen LogP contribution in [-0.2, 0) is 15.7 Å². The van der Waals surface area contributed by atoms with Crippen LogP contribution in [0.2, 0.25) is 0 Å². The zero-order valence-electron chi connectivity index (χ0n) is 14.4. The van der Waals surface area contributed by atoms with Gasteiger partial charge < -0.3 is 11.1 Å². The van der Waals surface area contributed by atoms with Gasteiger partial charge in [-0.05, 0) is 30.5 Å². The van der Waals surface area contributed by atoms with E-state index in [1.807, 2.05) is 42.5 Å². The van der Waals surface area contributed by atoms with Crippen molar-refractivity contribution in [1.29, 1.82) is 0 Å². The predicted octanol–water partition coefficient (Wildman–Crippen LogP) is 3.26. The first kappa shape index (κ1) is 17.2. The Kier molecular flexibility index (Phi) is 4.90. The lowest BCUT2D eigenvalue weighted by atomic mass is 9.81. The Labute approximate surface area is 138 Å². The highest BCUT2D eigenvalue weighted by atomic mass is 16.2. The molecule has 0 aliphatic carbocycles. The molecule has 0 radical (unpaired) electrons. The molecule has 3 heteroatoms. The number of benzene rings is 2. The lowest BCUT2D eigenvalue weighted by Crippen LogP contribution is -2.51. The van der Waals surface area contributed by atoms with E-state index in [0.29, 0.717) is 6.54 Å². The highest BCUT2D eigenvalue weighted by Crippen LogP contribution is 2.26. The van der Waals surface area contributed by atoms with Crippen molar-refractivity contribution < 1.29 is 4.79 Å². The van der Waals surface area contributed by atoms with Crippen molar-refractivity contribution in [2.75, 3.05) is 6.54 Å². The van der Waals surface area contributed by atoms with Crippen molar-refractivity contribution in [2.24, 2.45) is 5.73 Å². The Bertz CT molecular complexity index is 675.